The normalized spacial score (nSPS) is 11.6. The number of aromatic amines is 1. The number of carbonyl (C=O) groups is 2. The number of halogens is 1. The van der Waals surface area contributed by atoms with Gasteiger partial charge in [0.1, 0.15) is 17.3 Å². The Morgan fingerprint density at radius 2 is 1.71 bits per heavy atom. The summed E-state index contributed by atoms with van der Waals surface area (Å²) in [5, 5.41) is 2.97. The molecule has 8 nitrogen and oxygen atoms in total. The molecule has 1 amide bonds. The monoisotopic (exact) mass is 479 g/mol. The topological polar surface area (TPSA) is 103 Å². The van der Waals surface area contributed by atoms with E-state index in [9.17, 15) is 9.59 Å². The van der Waals surface area contributed by atoms with Crippen molar-refractivity contribution in [3.63, 3.8) is 0 Å². The predicted octanol–water partition coefficient (Wildman–Crippen LogP) is 5.08. The van der Waals surface area contributed by atoms with Crippen LogP contribution in [0, 0.1) is 0 Å². The van der Waals surface area contributed by atoms with Crippen LogP contribution in [0.15, 0.2) is 60.7 Å². The molecule has 1 atom stereocenters. The highest BCUT2D eigenvalue weighted by Gasteiger charge is 2.23. The Labute approximate surface area is 200 Å². The van der Waals surface area contributed by atoms with Crippen molar-refractivity contribution in [3.8, 4) is 22.9 Å². The van der Waals surface area contributed by atoms with Gasteiger partial charge < -0.3 is 24.5 Å². The molecule has 0 bridgehead atoms. The largest absolute Gasteiger partial charge is 0.495 e. The maximum Gasteiger partial charge on any atom is 0.339 e. The van der Waals surface area contributed by atoms with Gasteiger partial charge in [-0.15, -0.1) is 0 Å². The quantitative estimate of drug-likeness (QED) is 0.358. The Kier molecular flexibility index (Phi) is 6.70. The molecule has 4 aromatic rings. The number of anilines is 1. The molecule has 0 aliphatic heterocycles. The number of ether oxygens (including phenoxy) is 3. The summed E-state index contributed by atoms with van der Waals surface area (Å²) in [6.45, 7) is 1.48. The Morgan fingerprint density at radius 3 is 2.44 bits per heavy atom. The third-order valence-electron chi connectivity index (χ3n) is 5.18. The van der Waals surface area contributed by atoms with Gasteiger partial charge in [-0.3, -0.25) is 4.79 Å². The summed E-state index contributed by atoms with van der Waals surface area (Å²) in [6, 6.07) is 17.5. The van der Waals surface area contributed by atoms with Gasteiger partial charge in [0.05, 0.1) is 41.5 Å². The van der Waals surface area contributed by atoms with Gasteiger partial charge >= 0.3 is 5.97 Å². The molecule has 34 heavy (non-hydrogen) atoms. The second-order valence-electron chi connectivity index (χ2n) is 7.37. The Morgan fingerprint density at radius 1 is 1.00 bits per heavy atom. The average Bonchev–Trinajstić information content (AvgIpc) is 3.28. The van der Waals surface area contributed by atoms with E-state index < -0.39 is 18.0 Å². The summed E-state index contributed by atoms with van der Waals surface area (Å²) in [5.74, 6) is 0.0811. The van der Waals surface area contributed by atoms with Gasteiger partial charge in [0, 0.05) is 11.6 Å². The first-order chi connectivity index (χ1) is 16.4. The number of rotatable bonds is 7. The Bertz CT molecular complexity index is 1330. The molecule has 0 fully saturated rings. The van der Waals surface area contributed by atoms with Crippen molar-refractivity contribution in [1.29, 1.82) is 0 Å². The molecule has 0 saturated carbocycles. The predicted molar refractivity (Wildman–Crippen MR) is 130 cm³/mol. The fourth-order valence-corrected chi connectivity index (χ4v) is 3.66. The molecule has 1 aromatic heterocycles. The third kappa shape index (κ3) is 4.67. The van der Waals surface area contributed by atoms with Gasteiger partial charge in [0.25, 0.3) is 5.91 Å². The number of nitrogens with zero attached hydrogens (tertiary/aromatic N) is 1. The maximum atomic E-state index is 13.0. The number of amides is 1. The highest BCUT2D eigenvalue weighted by Crippen LogP contribution is 2.36. The number of esters is 1. The molecule has 0 aliphatic carbocycles. The molecule has 1 unspecified atom stereocenters. The zero-order valence-corrected chi connectivity index (χ0v) is 19.5. The number of aromatic nitrogens is 2. The minimum atomic E-state index is -1.10. The average molecular weight is 480 g/mol. The van der Waals surface area contributed by atoms with Crippen molar-refractivity contribution in [2.45, 2.75) is 13.0 Å². The van der Waals surface area contributed by atoms with Crippen molar-refractivity contribution in [1.82, 2.24) is 9.97 Å². The number of carbonyl (C=O) groups excluding carboxylic acids is 2. The number of H-pyrrole nitrogens is 1. The summed E-state index contributed by atoms with van der Waals surface area (Å²) >= 11 is 6.16. The van der Waals surface area contributed by atoms with E-state index in [-0.39, 0.29) is 5.56 Å². The van der Waals surface area contributed by atoms with E-state index >= 15 is 0 Å². The summed E-state index contributed by atoms with van der Waals surface area (Å²) < 4.78 is 15.9. The number of hydrogen-bond donors (Lipinski definition) is 2. The summed E-state index contributed by atoms with van der Waals surface area (Å²) in [5.41, 5.74) is 2.80. The van der Waals surface area contributed by atoms with Gasteiger partial charge in [-0.25, -0.2) is 9.78 Å². The van der Waals surface area contributed by atoms with E-state index in [0.717, 1.165) is 11.0 Å². The lowest BCUT2D eigenvalue weighted by Crippen LogP contribution is -2.30. The van der Waals surface area contributed by atoms with E-state index in [0.29, 0.717) is 33.6 Å². The number of imidazole rings is 1. The summed E-state index contributed by atoms with van der Waals surface area (Å²) in [6.07, 6.45) is -1.10. The minimum Gasteiger partial charge on any atom is -0.495 e. The molecular formula is C25H22ClN3O5. The molecule has 0 radical (unpaired) electrons. The first kappa shape index (κ1) is 23.1. The van der Waals surface area contributed by atoms with Gasteiger partial charge in [0.2, 0.25) is 0 Å². The van der Waals surface area contributed by atoms with Crippen LogP contribution in [0.1, 0.15) is 17.3 Å². The van der Waals surface area contributed by atoms with Gasteiger partial charge in [-0.1, -0.05) is 41.9 Å². The number of benzene rings is 3. The molecule has 0 saturated heterocycles. The van der Waals surface area contributed by atoms with E-state index in [2.05, 4.69) is 15.3 Å². The standard InChI is InChI=1S/C25H22ClN3O5/c1-14(24(30)29-20-12-17(26)21(32-2)13-22(20)33-3)34-25(31)16-9-5-4-8-15(16)23-27-18-10-6-7-11-19(18)28-23/h4-14H,1-3H3,(H,27,28)(H,29,30). The number of methoxy groups -OCH3 is 2. The molecule has 9 heteroatoms. The SMILES string of the molecule is COc1cc(OC)c(NC(=O)C(C)OC(=O)c2ccccc2-c2nc3ccccc3[nH]2)cc1Cl. The van der Waals surface area contributed by atoms with Gasteiger partial charge in [-0.05, 0) is 31.2 Å². The van der Waals surface area contributed by atoms with E-state index in [4.69, 9.17) is 25.8 Å². The van der Waals surface area contributed by atoms with Crippen molar-refractivity contribution < 1.29 is 23.8 Å². The Balaban J connectivity index is 1.52. The zero-order valence-electron chi connectivity index (χ0n) is 18.7. The Hall–Kier alpha value is -4.04. The van der Waals surface area contributed by atoms with Crippen LogP contribution in [-0.4, -0.2) is 42.2 Å². The minimum absolute atomic E-state index is 0.284. The van der Waals surface area contributed by atoms with Crippen molar-refractivity contribution in [2.24, 2.45) is 0 Å². The molecule has 174 valence electrons. The van der Waals surface area contributed by atoms with Crippen LogP contribution in [-0.2, 0) is 9.53 Å². The van der Waals surface area contributed by atoms with Crippen LogP contribution in [0.2, 0.25) is 5.02 Å². The molecule has 1 heterocycles. The fraction of sp³-hybridized carbons (Fsp3) is 0.160. The molecule has 0 spiro atoms. The molecule has 0 aliphatic rings. The second-order valence-corrected chi connectivity index (χ2v) is 7.78. The van der Waals surface area contributed by atoms with Crippen LogP contribution in [0.5, 0.6) is 11.5 Å². The van der Waals surface area contributed by atoms with Gasteiger partial charge in [0.15, 0.2) is 6.10 Å². The van der Waals surface area contributed by atoms with E-state index in [1.807, 2.05) is 24.3 Å². The highest BCUT2D eigenvalue weighted by molar-refractivity contribution is 6.32. The zero-order chi connectivity index (χ0) is 24.2. The number of para-hydroxylation sites is 2. The van der Waals surface area contributed by atoms with Gasteiger partial charge in [-0.2, -0.15) is 0 Å². The van der Waals surface area contributed by atoms with Crippen LogP contribution < -0.4 is 14.8 Å². The lowest BCUT2D eigenvalue weighted by molar-refractivity contribution is -0.123. The van der Waals surface area contributed by atoms with Crippen LogP contribution in [0.4, 0.5) is 5.69 Å². The molecule has 2 N–H and O–H groups in total. The first-order valence-electron chi connectivity index (χ1n) is 10.4. The van der Waals surface area contributed by atoms with Crippen molar-refractivity contribution in [2.75, 3.05) is 19.5 Å². The van der Waals surface area contributed by atoms with Crippen molar-refractivity contribution >= 4 is 40.2 Å². The van der Waals surface area contributed by atoms with Crippen LogP contribution in [0.3, 0.4) is 0 Å². The number of nitrogens with one attached hydrogen (secondary N) is 2. The van der Waals surface area contributed by atoms with E-state index in [1.165, 1.54) is 27.2 Å². The maximum absolute atomic E-state index is 13.0. The summed E-state index contributed by atoms with van der Waals surface area (Å²) in [4.78, 5) is 33.5. The lowest BCUT2D eigenvalue weighted by Gasteiger charge is -2.17. The number of hydrogen-bond acceptors (Lipinski definition) is 6. The lowest BCUT2D eigenvalue weighted by atomic mass is 10.1. The van der Waals surface area contributed by atoms with Crippen LogP contribution >= 0.6 is 11.6 Å². The first-order valence-corrected chi connectivity index (χ1v) is 10.8. The highest BCUT2D eigenvalue weighted by atomic mass is 35.5. The van der Waals surface area contributed by atoms with Crippen molar-refractivity contribution in [3.05, 3.63) is 71.2 Å². The molecule has 4 rings (SSSR count). The van der Waals surface area contributed by atoms with Crippen LogP contribution in [0.25, 0.3) is 22.4 Å². The number of fused-ring (bicyclic) bond motifs is 1. The smallest absolute Gasteiger partial charge is 0.339 e. The fourth-order valence-electron chi connectivity index (χ4n) is 3.42. The second kappa shape index (κ2) is 9.84. The molecular weight excluding hydrogens is 458 g/mol. The molecule has 3 aromatic carbocycles. The van der Waals surface area contributed by atoms with E-state index in [1.54, 1.807) is 30.3 Å². The summed E-state index contributed by atoms with van der Waals surface area (Å²) in [7, 11) is 2.93. The third-order valence-corrected chi connectivity index (χ3v) is 5.47.